The Hall–Kier alpha value is -1.17. The highest BCUT2D eigenvalue weighted by Crippen LogP contribution is 2.33. The van der Waals surface area contributed by atoms with Crippen molar-refractivity contribution in [3.05, 3.63) is 23.8 Å². The molecule has 1 fully saturated rings. The number of piperidine rings is 1. The molecule has 0 amide bonds. The molecule has 0 atom stereocenters. The Morgan fingerprint density at radius 2 is 1.72 bits per heavy atom. The van der Waals surface area contributed by atoms with Crippen molar-refractivity contribution in [3.63, 3.8) is 0 Å². The number of aromatic nitrogens is 1. The van der Waals surface area contributed by atoms with Gasteiger partial charge < -0.3 is 14.4 Å². The Balaban J connectivity index is 0.00000225. The minimum absolute atomic E-state index is 0. The number of methoxy groups -OCH3 is 2. The van der Waals surface area contributed by atoms with E-state index in [1.807, 2.05) is 23.9 Å². The lowest BCUT2D eigenvalue weighted by Gasteiger charge is -2.26. The Morgan fingerprint density at radius 3 is 2.40 bits per heavy atom. The van der Waals surface area contributed by atoms with Crippen molar-refractivity contribution in [2.45, 2.75) is 31.2 Å². The first-order valence-electron chi connectivity index (χ1n) is 8.60. The lowest BCUT2D eigenvalue weighted by molar-refractivity contribution is 0.242. The Bertz CT molecular complexity index is 705. The van der Waals surface area contributed by atoms with Gasteiger partial charge in [0.05, 0.1) is 24.8 Å². The summed E-state index contributed by atoms with van der Waals surface area (Å²) in [4.78, 5) is 7.42. The second-order valence-corrected chi connectivity index (χ2v) is 7.34. The molecule has 1 aliphatic heterocycles. The molecule has 0 aliphatic carbocycles. The summed E-state index contributed by atoms with van der Waals surface area (Å²) in [5, 5.41) is 2.21. The van der Waals surface area contributed by atoms with Crippen molar-refractivity contribution in [1.82, 2.24) is 9.88 Å². The molecule has 0 unspecified atom stereocenters. The van der Waals surface area contributed by atoms with Crippen LogP contribution >= 0.6 is 24.2 Å². The van der Waals surface area contributed by atoms with Crippen LogP contribution in [0, 0.1) is 6.92 Å². The van der Waals surface area contributed by atoms with E-state index in [-0.39, 0.29) is 12.4 Å². The van der Waals surface area contributed by atoms with Gasteiger partial charge in [0.1, 0.15) is 0 Å². The van der Waals surface area contributed by atoms with Gasteiger partial charge in [0, 0.05) is 23.8 Å². The number of thioether (sulfide) groups is 1. The molecule has 1 aromatic carbocycles. The molecule has 1 aliphatic rings. The fourth-order valence-electron chi connectivity index (χ4n) is 3.19. The molecule has 2 heterocycles. The lowest BCUT2D eigenvalue weighted by atomic mass is 10.1. The number of fused-ring (bicyclic) bond motifs is 1. The topological polar surface area (TPSA) is 34.6 Å². The highest BCUT2D eigenvalue weighted by Gasteiger charge is 2.12. The van der Waals surface area contributed by atoms with Gasteiger partial charge in [0.15, 0.2) is 11.5 Å². The predicted molar refractivity (Wildman–Crippen MR) is 108 cm³/mol. The number of benzene rings is 1. The summed E-state index contributed by atoms with van der Waals surface area (Å²) in [5.74, 6) is 2.56. The number of likely N-dealkylation sites (tertiary alicyclic amines) is 1. The van der Waals surface area contributed by atoms with Gasteiger partial charge >= 0.3 is 0 Å². The molecule has 6 heteroatoms. The highest BCUT2D eigenvalue weighted by molar-refractivity contribution is 7.99. The summed E-state index contributed by atoms with van der Waals surface area (Å²) in [5.41, 5.74) is 2.18. The number of hydrogen-bond donors (Lipinski definition) is 0. The van der Waals surface area contributed by atoms with E-state index >= 15 is 0 Å². The molecule has 3 rings (SSSR count). The van der Waals surface area contributed by atoms with Crippen LogP contribution in [-0.4, -0.2) is 49.5 Å². The maximum Gasteiger partial charge on any atom is 0.162 e. The molecule has 0 spiro atoms. The molecule has 0 saturated carbocycles. The predicted octanol–water partition coefficient (Wildman–Crippen LogP) is 4.56. The van der Waals surface area contributed by atoms with Gasteiger partial charge in [-0.25, -0.2) is 4.98 Å². The van der Waals surface area contributed by atoms with Gasteiger partial charge in [-0.15, -0.1) is 24.2 Å². The average Bonchev–Trinajstić information content (AvgIpc) is 2.62. The highest BCUT2D eigenvalue weighted by atomic mass is 35.5. The number of ether oxygens (including phenoxy) is 2. The van der Waals surface area contributed by atoms with E-state index in [9.17, 15) is 0 Å². The number of nitrogens with zero attached hydrogens (tertiary/aromatic N) is 2. The van der Waals surface area contributed by atoms with Crippen molar-refractivity contribution in [3.8, 4) is 11.5 Å². The number of hydrogen-bond acceptors (Lipinski definition) is 5. The molecule has 0 N–H and O–H groups in total. The number of rotatable bonds is 6. The summed E-state index contributed by atoms with van der Waals surface area (Å²) in [6.45, 7) is 5.78. The average molecular weight is 383 g/mol. The van der Waals surface area contributed by atoms with E-state index in [1.54, 1.807) is 14.2 Å². The zero-order valence-corrected chi connectivity index (χ0v) is 16.8. The quantitative estimate of drug-likeness (QED) is 0.684. The van der Waals surface area contributed by atoms with Gasteiger partial charge in [0.25, 0.3) is 0 Å². The van der Waals surface area contributed by atoms with E-state index in [4.69, 9.17) is 14.5 Å². The van der Waals surface area contributed by atoms with Crippen molar-refractivity contribution in [2.24, 2.45) is 0 Å². The van der Waals surface area contributed by atoms with Crippen molar-refractivity contribution in [2.75, 3.05) is 39.6 Å². The summed E-state index contributed by atoms with van der Waals surface area (Å²) in [6, 6.07) is 6.15. The molecular formula is C19H27ClN2O2S. The zero-order chi connectivity index (χ0) is 16.9. The van der Waals surface area contributed by atoms with E-state index < -0.39 is 0 Å². The van der Waals surface area contributed by atoms with Crippen LogP contribution in [0.2, 0.25) is 0 Å². The van der Waals surface area contributed by atoms with Gasteiger partial charge in [-0.2, -0.15) is 0 Å². The van der Waals surface area contributed by atoms with Crippen LogP contribution in [0.5, 0.6) is 11.5 Å². The number of aryl methyl sites for hydroxylation is 1. The Kier molecular flexibility index (Phi) is 7.66. The van der Waals surface area contributed by atoms with Gasteiger partial charge in [-0.1, -0.05) is 6.42 Å². The van der Waals surface area contributed by atoms with Gasteiger partial charge in [-0.3, -0.25) is 0 Å². The van der Waals surface area contributed by atoms with E-state index in [1.165, 1.54) is 37.9 Å². The van der Waals surface area contributed by atoms with Gasteiger partial charge in [0.2, 0.25) is 0 Å². The molecule has 0 bridgehead atoms. The van der Waals surface area contributed by atoms with Crippen LogP contribution < -0.4 is 9.47 Å². The van der Waals surface area contributed by atoms with Crippen LogP contribution in [0.3, 0.4) is 0 Å². The van der Waals surface area contributed by atoms with Crippen LogP contribution in [-0.2, 0) is 0 Å². The third kappa shape index (κ3) is 4.93. The standard InChI is InChI=1S/C19H26N2O2S.ClH/c1-14-11-15-12-17(22-2)18(23-3)13-16(15)20-19(14)24-10-9-21-7-5-4-6-8-21;/h11-13H,4-10H2,1-3H3;1H. The fourth-order valence-corrected chi connectivity index (χ4v) is 4.18. The van der Waals surface area contributed by atoms with Crippen molar-refractivity contribution in [1.29, 1.82) is 0 Å². The number of pyridine rings is 1. The normalized spacial score (nSPS) is 15.0. The molecule has 1 saturated heterocycles. The minimum Gasteiger partial charge on any atom is -0.493 e. The first-order valence-corrected chi connectivity index (χ1v) is 9.58. The molecule has 1 aromatic heterocycles. The third-order valence-electron chi connectivity index (χ3n) is 4.56. The molecule has 25 heavy (non-hydrogen) atoms. The molecule has 2 aromatic rings. The summed E-state index contributed by atoms with van der Waals surface area (Å²) in [6.07, 6.45) is 4.08. The maximum absolute atomic E-state index is 5.40. The van der Waals surface area contributed by atoms with Crippen LogP contribution in [0.1, 0.15) is 24.8 Å². The van der Waals surface area contributed by atoms with Crippen LogP contribution in [0.25, 0.3) is 10.9 Å². The third-order valence-corrected chi connectivity index (χ3v) is 5.63. The molecule has 138 valence electrons. The van der Waals surface area contributed by atoms with Crippen LogP contribution in [0.4, 0.5) is 0 Å². The van der Waals surface area contributed by atoms with Crippen molar-refractivity contribution < 1.29 is 9.47 Å². The van der Waals surface area contributed by atoms with Crippen molar-refractivity contribution >= 4 is 35.1 Å². The maximum atomic E-state index is 5.40. The second-order valence-electron chi connectivity index (χ2n) is 6.26. The SMILES string of the molecule is COc1cc2cc(C)c(SCCN3CCCCC3)nc2cc1OC.Cl. The Labute approximate surface area is 160 Å². The zero-order valence-electron chi connectivity index (χ0n) is 15.2. The first kappa shape index (κ1) is 20.1. The van der Waals surface area contributed by atoms with E-state index in [0.717, 1.165) is 39.7 Å². The molecule has 4 nitrogen and oxygen atoms in total. The second kappa shape index (κ2) is 9.51. The fraction of sp³-hybridized carbons (Fsp3) is 0.526. The van der Waals surface area contributed by atoms with E-state index in [0.29, 0.717) is 0 Å². The number of halogens is 1. The smallest absolute Gasteiger partial charge is 0.162 e. The van der Waals surface area contributed by atoms with Gasteiger partial charge in [-0.05, 0) is 50.6 Å². The molecule has 0 radical (unpaired) electrons. The summed E-state index contributed by atoms with van der Waals surface area (Å²) >= 11 is 1.85. The summed E-state index contributed by atoms with van der Waals surface area (Å²) < 4.78 is 10.8. The monoisotopic (exact) mass is 382 g/mol. The largest absolute Gasteiger partial charge is 0.493 e. The minimum atomic E-state index is 0. The Morgan fingerprint density at radius 1 is 1.04 bits per heavy atom. The van der Waals surface area contributed by atoms with E-state index in [2.05, 4.69) is 17.9 Å². The molecular weight excluding hydrogens is 356 g/mol. The summed E-state index contributed by atoms with van der Waals surface area (Å²) in [7, 11) is 3.32. The van der Waals surface area contributed by atoms with Crippen LogP contribution in [0.15, 0.2) is 23.2 Å². The lowest BCUT2D eigenvalue weighted by Crippen LogP contribution is -2.31. The first-order chi connectivity index (χ1) is 11.7.